The van der Waals surface area contributed by atoms with Crippen molar-refractivity contribution >= 4 is 5.91 Å². The molecule has 126 valence electrons. The zero-order valence-electron chi connectivity index (χ0n) is 13.6. The van der Waals surface area contributed by atoms with Crippen LogP contribution in [-0.2, 0) is 13.0 Å². The first-order chi connectivity index (χ1) is 11.1. The van der Waals surface area contributed by atoms with E-state index in [1.165, 1.54) is 38.2 Å². The number of benzene rings is 1. The molecule has 0 bridgehead atoms. The number of amides is 1. The van der Waals surface area contributed by atoms with Gasteiger partial charge < -0.3 is 0 Å². The van der Waals surface area contributed by atoms with Crippen LogP contribution in [0.3, 0.4) is 0 Å². The predicted octanol–water partition coefficient (Wildman–Crippen LogP) is 3.41. The van der Waals surface area contributed by atoms with Gasteiger partial charge in [-0.15, -0.1) is 0 Å². The standard InChI is InChI=1S/C18H25FN2O2/c1-2-14-10-16-13(8-12(9-17(16)19)18(22)20-23)11-21(14)15-6-4-3-5-7-15/h8-9,14-15,23H,2-7,10-11H2,1H3,(H,20,22)/t14-/m0/s1. The lowest BCUT2D eigenvalue weighted by Crippen LogP contribution is -2.47. The highest BCUT2D eigenvalue weighted by Gasteiger charge is 2.33. The van der Waals surface area contributed by atoms with Crippen LogP contribution in [0, 0.1) is 5.82 Å². The van der Waals surface area contributed by atoms with Gasteiger partial charge in [0.25, 0.3) is 5.91 Å². The van der Waals surface area contributed by atoms with Crippen LogP contribution in [0.5, 0.6) is 0 Å². The van der Waals surface area contributed by atoms with E-state index in [4.69, 9.17) is 5.21 Å². The van der Waals surface area contributed by atoms with Crippen molar-refractivity contribution in [2.75, 3.05) is 0 Å². The molecule has 1 aliphatic carbocycles. The molecule has 2 N–H and O–H groups in total. The number of halogens is 1. The van der Waals surface area contributed by atoms with Crippen LogP contribution >= 0.6 is 0 Å². The van der Waals surface area contributed by atoms with Gasteiger partial charge in [-0.1, -0.05) is 26.2 Å². The molecule has 1 heterocycles. The van der Waals surface area contributed by atoms with Crippen molar-refractivity contribution in [2.24, 2.45) is 0 Å². The third-order valence-electron chi connectivity index (χ3n) is 5.43. The Hall–Kier alpha value is -1.46. The number of nitrogens with zero attached hydrogens (tertiary/aromatic N) is 1. The summed E-state index contributed by atoms with van der Waals surface area (Å²) in [6, 6.07) is 3.90. The molecule has 1 aromatic rings. The summed E-state index contributed by atoms with van der Waals surface area (Å²) in [7, 11) is 0. The monoisotopic (exact) mass is 320 g/mol. The number of carbonyl (C=O) groups is 1. The minimum absolute atomic E-state index is 0.183. The van der Waals surface area contributed by atoms with Gasteiger partial charge in [0.15, 0.2) is 0 Å². The fourth-order valence-corrected chi connectivity index (χ4v) is 4.16. The van der Waals surface area contributed by atoms with Crippen molar-refractivity contribution in [1.29, 1.82) is 0 Å². The highest BCUT2D eigenvalue weighted by Crippen LogP contribution is 2.33. The fourth-order valence-electron chi connectivity index (χ4n) is 4.16. The van der Waals surface area contributed by atoms with Crippen molar-refractivity contribution in [3.63, 3.8) is 0 Å². The summed E-state index contributed by atoms with van der Waals surface area (Å²) in [6.07, 6.45) is 7.99. The molecule has 5 heteroatoms. The summed E-state index contributed by atoms with van der Waals surface area (Å²) in [5.74, 6) is -0.989. The van der Waals surface area contributed by atoms with Crippen molar-refractivity contribution < 1.29 is 14.4 Å². The van der Waals surface area contributed by atoms with Gasteiger partial charge in [-0.05, 0) is 48.9 Å². The second-order valence-corrected chi connectivity index (χ2v) is 6.77. The number of hydroxylamine groups is 1. The topological polar surface area (TPSA) is 52.6 Å². The third kappa shape index (κ3) is 3.26. The Balaban J connectivity index is 1.91. The molecule has 4 nitrogen and oxygen atoms in total. The number of rotatable bonds is 3. The van der Waals surface area contributed by atoms with E-state index >= 15 is 0 Å². The van der Waals surface area contributed by atoms with Gasteiger partial charge in [0.1, 0.15) is 5.82 Å². The van der Waals surface area contributed by atoms with Crippen LogP contribution in [0.1, 0.15) is 66.9 Å². The number of carbonyl (C=O) groups excluding carboxylic acids is 1. The lowest BCUT2D eigenvalue weighted by Gasteiger charge is -2.43. The van der Waals surface area contributed by atoms with E-state index in [2.05, 4.69) is 11.8 Å². The number of fused-ring (bicyclic) bond motifs is 1. The smallest absolute Gasteiger partial charge is 0.274 e. The second-order valence-electron chi connectivity index (χ2n) is 6.77. The summed E-state index contributed by atoms with van der Waals surface area (Å²) in [4.78, 5) is 14.1. The first-order valence-electron chi connectivity index (χ1n) is 8.65. The van der Waals surface area contributed by atoms with E-state index in [9.17, 15) is 9.18 Å². The molecule has 1 amide bonds. The Morgan fingerprint density at radius 1 is 1.35 bits per heavy atom. The Kier molecular flexibility index (Phi) is 4.97. The van der Waals surface area contributed by atoms with E-state index in [-0.39, 0.29) is 11.4 Å². The maximum Gasteiger partial charge on any atom is 0.274 e. The lowest BCUT2D eigenvalue weighted by molar-refractivity contribution is 0.0702. The second kappa shape index (κ2) is 6.97. The van der Waals surface area contributed by atoms with Crippen LogP contribution in [0.4, 0.5) is 4.39 Å². The minimum atomic E-state index is -0.659. The van der Waals surface area contributed by atoms with Crippen molar-refractivity contribution in [1.82, 2.24) is 10.4 Å². The summed E-state index contributed by atoms with van der Waals surface area (Å²) >= 11 is 0. The molecular formula is C18H25FN2O2. The molecule has 1 atom stereocenters. The normalized spacial score (nSPS) is 22.7. The predicted molar refractivity (Wildman–Crippen MR) is 85.9 cm³/mol. The van der Waals surface area contributed by atoms with Gasteiger partial charge in [0.05, 0.1) is 0 Å². The van der Waals surface area contributed by atoms with Gasteiger partial charge in [-0.2, -0.15) is 0 Å². The lowest BCUT2D eigenvalue weighted by atomic mass is 9.86. The molecule has 1 saturated carbocycles. The molecule has 0 saturated heterocycles. The highest BCUT2D eigenvalue weighted by atomic mass is 19.1. The molecule has 3 rings (SSSR count). The van der Waals surface area contributed by atoms with Crippen molar-refractivity contribution in [3.05, 3.63) is 34.6 Å². The molecule has 1 aromatic carbocycles. The zero-order valence-corrected chi connectivity index (χ0v) is 13.6. The Morgan fingerprint density at radius 3 is 2.74 bits per heavy atom. The Labute approximate surface area is 136 Å². The largest absolute Gasteiger partial charge is 0.293 e. The Bertz CT molecular complexity index is 585. The molecule has 0 unspecified atom stereocenters. The van der Waals surface area contributed by atoms with E-state index in [1.807, 2.05) is 0 Å². The van der Waals surface area contributed by atoms with Crippen LogP contribution in [0.25, 0.3) is 0 Å². The van der Waals surface area contributed by atoms with Gasteiger partial charge in [0, 0.05) is 24.2 Å². The molecule has 2 aliphatic rings. The summed E-state index contributed by atoms with van der Waals surface area (Å²) < 4.78 is 14.4. The molecule has 1 fully saturated rings. The number of hydrogen-bond acceptors (Lipinski definition) is 3. The van der Waals surface area contributed by atoms with Gasteiger partial charge in [0.2, 0.25) is 0 Å². The maximum atomic E-state index is 14.4. The molecular weight excluding hydrogens is 295 g/mol. The van der Waals surface area contributed by atoms with E-state index < -0.39 is 5.91 Å². The first kappa shape index (κ1) is 16.4. The van der Waals surface area contributed by atoms with Crippen LogP contribution in [0.2, 0.25) is 0 Å². The molecule has 0 radical (unpaired) electrons. The average molecular weight is 320 g/mol. The van der Waals surface area contributed by atoms with Crippen LogP contribution in [0.15, 0.2) is 12.1 Å². The van der Waals surface area contributed by atoms with E-state index in [0.717, 1.165) is 17.5 Å². The maximum absolute atomic E-state index is 14.4. The third-order valence-corrected chi connectivity index (χ3v) is 5.43. The summed E-state index contributed by atoms with van der Waals surface area (Å²) in [5, 5.41) is 8.79. The van der Waals surface area contributed by atoms with Crippen molar-refractivity contribution in [2.45, 2.75) is 70.5 Å². The average Bonchev–Trinajstić information content (AvgIpc) is 2.60. The molecule has 1 aliphatic heterocycles. The number of nitrogens with one attached hydrogen (secondary N) is 1. The first-order valence-corrected chi connectivity index (χ1v) is 8.65. The van der Waals surface area contributed by atoms with E-state index in [0.29, 0.717) is 25.0 Å². The van der Waals surface area contributed by atoms with Crippen LogP contribution in [-0.4, -0.2) is 28.1 Å². The van der Waals surface area contributed by atoms with Gasteiger partial charge >= 0.3 is 0 Å². The fraction of sp³-hybridized carbons (Fsp3) is 0.611. The highest BCUT2D eigenvalue weighted by molar-refractivity contribution is 5.93. The quantitative estimate of drug-likeness (QED) is 0.663. The summed E-state index contributed by atoms with van der Waals surface area (Å²) in [6.45, 7) is 2.86. The molecule has 23 heavy (non-hydrogen) atoms. The summed E-state index contributed by atoms with van der Waals surface area (Å²) in [5.41, 5.74) is 3.40. The minimum Gasteiger partial charge on any atom is -0.293 e. The van der Waals surface area contributed by atoms with Gasteiger partial charge in [-0.25, -0.2) is 9.87 Å². The van der Waals surface area contributed by atoms with Crippen molar-refractivity contribution in [3.8, 4) is 0 Å². The SMILES string of the molecule is CC[C@H]1Cc2c(F)cc(C(=O)NO)cc2CN1C1CCCCC1. The zero-order chi connectivity index (χ0) is 16.4. The number of hydrogen-bond donors (Lipinski definition) is 2. The van der Waals surface area contributed by atoms with E-state index in [1.54, 1.807) is 11.5 Å². The van der Waals surface area contributed by atoms with Gasteiger partial charge in [-0.3, -0.25) is 14.9 Å². The molecule has 0 aromatic heterocycles. The molecule has 0 spiro atoms. The Morgan fingerprint density at radius 2 is 2.09 bits per heavy atom. The van der Waals surface area contributed by atoms with Crippen LogP contribution < -0.4 is 5.48 Å².